The molecule has 166 valence electrons. The van der Waals surface area contributed by atoms with Crippen LogP contribution < -0.4 is 0 Å². The summed E-state index contributed by atoms with van der Waals surface area (Å²) in [5, 5.41) is 0. The van der Waals surface area contributed by atoms with Crippen molar-refractivity contribution in [3.63, 3.8) is 0 Å². The lowest BCUT2D eigenvalue weighted by molar-refractivity contribution is 0.268. The summed E-state index contributed by atoms with van der Waals surface area (Å²) >= 11 is 0. The van der Waals surface area contributed by atoms with Gasteiger partial charge in [-0.3, -0.25) is 0 Å². The van der Waals surface area contributed by atoms with Crippen molar-refractivity contribution in [1.82, 2.24) is 0 Å². The van der Waals surface area contributed by atoms with Gasteiger partial charge in [0.25, 0.3) is 0 Å². The molecular weight excluding hydrogens is 372 g/mol. The maximum absolute atomic E-state index is 3.97. The van der Waals surface area contributed by atoms with E-state index in [1.807, 2.05) is 0 Å². The van der Waals surface area contributed by atoms with E-state index < -0.39 is 0 Å². The molecule has 0 aromatic heterocycles. The van der Waals surface area contributed by atoms with Gasteiger partial charge in [0.2, 0.25) is 0 Å². The van der Waals surface area contributed by atoms with Crippen molar-refractivity contribution in [2.24, 2.45) is 23.7 Å². The predicted molar refractivity (Wildman–Crippen MR) is 134 cm³/mol. The fourth-order valence-corrected chi connectivity index (χ4v) is 5.96. The highest BCUT2D eigenvalue weighted by atomic mass is 14.3. The van der Waals surface area contributed by atoms with Gasteiger partial charge in [-0.05, 0) is 104 Å². The molecule has 2 saturated carbocycles. The number of benzene rings is 2. The van der Waals surface area contributed by atoms with E-state index in [9.17, 15) is 0 Å². The van der Waals surface area contributed by atoms with Gasteiger partial charge in [-0.15, -0.1) is 6.58 Å². The lowest BCUT2D eigenvalue weighted by atomic mass is 9.78. The Labute approximate surface area is 191 Å². The van der Waals surface area contributed by atoms with Crippen LogP contribution in [0.25, 0.3) is 0 Å². The van der Waals surface area contributed by atoms with E-state index >= 15 is 0 Å². The minimum absolute atomic E-state index is 0.765. The Hall–Kier alpha value is -1.82. The summed E-state index contributed by atoms with van der Waals surface area (Å²) in [6, 6.07) is 18.9. The lowest BCUT2D eigenvalue weighted by Crippen LogP contribution is -2.15. The first-order valence-corrected chi connectivity index (χ1v) is 13.0. The Bertz CT molecular complexity index is 781. The van der Waals surface area contributed by atoms with Crippen LogP contribution in [-0.2, 0) is 19.3 Å². The van der Waals surface area contributed by atoms with Crippen molar-refractivity contribution >= 4 is 0 Å². The number of hydrogen-bond donors (Lipinski definition) is 0. The van der Waals surface area contributed by atoms with E-state index in [0.717, 1.165) is 30.1 Å². The molecule has 2 aromatic rings. The fourth-order valence-electron chi connectivity index (χ4n) is 5.96. The first-order chi connectivity index (χ1) is 15.2. The van der Waals surface area contributed by atoms with Crippen LogP contribution >= 0.6 is 0 Å². The molecule has 0 unspecified atom stereocenters. The highest BCUT2D eigenvalue weighted by Gasteiger charge is 2.20. The SMILES string of the molecule is C=CC1CCC(Cc2ccc(Cc3ccc(CC4CCC(CC)CC4)cc3)cc2)CC1. The van der Waals surface area contributed by atoms with Gasteiger partial charge < -0.3 is 0 Å². The molecule has 0 N–H and O–H groups in total. The van der Waals surface area contributed by atoms with Gasteiger partial charge in [0.1, 0.15) is 0 Å². The second kappa shape index (κ2) is 11.2. The van der Waals surface area contributed by atoms with E-state index in [1.54, 1.807) is 0 Å². The van der Waals surface area contributed by atoms with Gasteiger partial charge in [-0.1, -0.05) is 80.8 Å². The van der Waals surface area contributed by atoms with Crippen molar-refractivity contribution in [3.8, 4) is 0 Å². The largest absolute Gasteiger partial charge is 0.103 e. The van der Waals surface area contributed by atoms with Gasteiger partial charge in [0.15, 0.2) is 0 Å². The first kappa shape index (κ1) is 22.4. The highest BCUT2D eigenvalue weighted by molar-refractivity contribution is 5.31. The minimum Gasteiger partial charge on any atom is -0.103 e. The molecule has 2 aliphatic carbocycles. The first-order valence-electron chi connectivity index (χ1n) is 13.0. The van der Waals surface area contributed by atoms with Crippen LogP contribution in [0.1, 0.15) is 87.0 Å². The quantitative estimate of drug-likeness (QED) is 0.379. The summed E-state index contributed by atoms with van der Waals surface area (Å²) in [6.07, 6.45) is 18.3. The molecule has 31 heavy (non-hydrogen) atoms. The van der Waals surface area contributed by atoms with E-state index in [0.29, 0.717) is 0 Å². The molecule has 0 radical (unpaired) electrons. The minimum atomic E-state index is 0.765. The highest BCUT2D eigenvalue weighted by Crippen LogP contribution is 2.33. The standard InChI is InChI=1S/C31H42/c1-3-24-5-9-26(10-6-24)21-28-13-17-30(18-14-28)23-31-19-15-29(16-20-31)22-27-11-7-25(4-2)8-12-27/h3,13-20,24-27H,1,4-12,21-23H2,2H3. The summed E-state index contributed by atoms with van der Waals surface area (Å²) in [5.74, 6) is 3.54. The Morgan fingerprint density at radius 1 is 0.613 bits per heavy atom. The summed E-state index contributed by atoms with van der Waals surface area (Å²) in [7, 11) is 0. The summed E-state index contributed by atoms with van der Waals surface area (Å²) in [4.78, 5) is 0. The third kappa shape index (κ3) is 6.58. The zero-order valence-corrected chi connectivity index (χ0v) is 19.7. The molecule has 0 atom stereocenters. The van der Waals surface area contributed by atoms with Crippen molar-refractivity contribution in [2.45, 2.75) is 84.0 Å². The molecule has 0 amide bonds. The third-order valence-corrected chi connectivity index (χ3v) is 8.27. The second-order valence-corrected chi connectivity index (χ2v) is 10.5. The molecule has 0 nitrogen and oxygen atoms in total. The number of allylic oxidation sites excluding steroid dienone is 1. The van der Waals surface area contributed by atoms with Gasteiger partial charge in [0, 0.05) is 0 Å². The number of rotatable bonds is 8. The van der Waals surface area contributed by atoms with Crippen molar-refractivity contribution < 1.29 is 0 Å². The molecule has 2 aromatic carbocycles. The summed E-state index contributed by atoms with van der Waals surface area (Å²) < 4.78 is 0. The molecule has 0 heteroatoms. The molecule has 4 rings (SSSR count). The molecule has 0 spiro atoms. The Morgan fingerprint density at radius 2 is 1.00 bits per heavy atom. The average molecular weight is 415 g/mol. The zero-order chi connectivity index (χ0) is 21.5. The van der Waals surface area contributed by atoms with Crippen molar-refractivity contribution in [2.75, 3.05) is 0 Å². The van der Waals surface area contributed by atoms with Crippen LogP contribution in [0.3, 0.4) is 0 Å². The molecule has 0 bridgehead atoms. The van der Waals surface area contributed by atoms with E-state index in [1.165, 1.54) is 92.9 Å². The monoisotopic (exact) mass is 414 g/mol. The number of hydrogen-bond acceptors (Lipinski definition) is 0. The second-order valence-electron chi connectivity index (χ2n) is 10.5. The van der Waals surface area contributed by atoms with Gasteiger partial charge in [-0.25, -0.2) is 0 Å². The van der Waals surface area contributed by atoms with Crippen LogP contribution in [0.15, 0.2) is 61.2 Å². The van der Waals surface area contributed by atoms with Crippen molar-refractivity contribution in [1.29, 1.82) is 0 Å². The summed E-state index contributed by atoms with van der Waals surface area (Å²) in [5.41, 5.74) is 5.92. The topological polar surface area (TPSA) is 0 Å². The van der Waals surface area contributed by atoms with E-state index in [-0.39, 0.29) is 0 Å². The van der Waals surface area contributed by atoms with Crippen LogP contribution in [0.2, 0.25) is 0 Å². The maximum Gasteiger partial charge on any atom is -0.00258 e. The zero-order valence-electron chi connectivity index (χ0n) is 19.7. The van der Waals surface area contributed by atoms with Gasteiger partial charge in [-0.2, -0.15) is 0 Å². The smallest absolute Gasteiger partial charge is 0.00258 e. The normalized spacial score (nSPS) is 26.5. The van der Waals surface area contributed by atoms with Crippen LogP contribution in [0.4, 0.5) is 0 Å². The third-order valence-electron chi connectivity index (χ3n) is 8.27. The van der Waals surface area contributed by atoms with Gasteiger partial charge in [0.05, 0.1) is 0 Å². The van der Waals surface area contributed by atoms with Crippen LogP contribution in [0, 0.1) is 23.7 Å². The van der Waals surface area contributed by atoms with Gasteiger partial charge >= 0.3 is 0 Å². The predicted octanol–water partition coefficient (Wildman–Crippen LogP) is 8.57. The molecule has 0 heterocycles. The maximum atomic E-state index is 3.97. The Kier molecular flexibility index (Phi) is 8.06. The molecular formula is C31H42. The molecule has 0 aliphatic heterocycles. The fraction of sp³-hybridized carbons (Fsp3) is 0.548. The van der Waals surface area contributed by atoms with E-state index in [4.69, 9.17) is 0 Å². The summed E-state index contributed by atoms with van der Waals surface area (Å²) in [6.45, 7) is 6.33. The van der Waals surface area contributed by atoms with Crippen LogP contribution in [0.5, 0.6) is 0 Å². The lowest BCUT2D eigenvalue weighted by Gasteiger charge is -2.27. The Balaban J connectivity index is 1.24. The Morgan fingerprint density at radius 3 is 1.42 bits per heavy atom. The van der Waals surface area contributed by atoms with E-state index in [2.05, 4.69) is 68.1 Å². The molecule has 0 saturated heterocycles. The average Bonchev–Trinajstić information content (AvgIpc) is 2.82. The molecule has 2 fully saturated rings. The molecule has 2 aliphatic rings. The van der Waals surface area contributed by atoms with Crippen molar-refractivity contribution in [3.05, 3.63) is 83.4 Å². The van der Waals surface area contributed by atoms with Crippen LogP contribution in [-0.4, -0.2) is 0 Å².